The highest BCUT2D eigenvalue weighted by molar-refractivity contribution is 5.71. The average molecular weight is 825 g/mol. The zero-order valence-corrected chi connectivity index (χ0v) is 39.3. The molecule has 5 aromatic carbocycles. The second kappa shape index (κ2) is 20.8. The SMILES string of the molecule is C=C(/C=C(C)\C(=C/C)C(/C(=C/C(C)=C(\C)CC)C(=C)C)c1ccc(-c2ccc(-c3ccc(C(c4cc(C)c(O)cc4C)c4cc(C)c(OC(C)O)cc4C)cc3)cc2)cc1)CC. The topological polar surface area (TPSA) is 49.7 Å². The van der Waals surface area contributed by atoms with E-state index in [4.69, 9.17) is 4.74 Å². The number of aliphatic hydroxyl groups is 1. The fraction of sp³-hybridized carbons (Fsp3) is 0.288. The van der Waals surface area contributed by atoms with E-state index >= 15 is 0 Å². The van der Waals surface area contributed by atoms with Crippen molar-refractivity contribution in [1.82, 2.24) is 0 Å². The van der Waals surface area contributed by atoms with Gasteiger partial charge in [-0.3, -0.25) is 0 Å². The van der Waals surface area contributed by atoms with Gasteiger partial charge in [0.15, 0.2) is 6.29 Å². The molecule has 0 radical (unpaired) electrons. The Morgan fingerprint density at radius 2 is 1.11 bits per heavy atom. The van der Waals surface area contributed by atoms with Gasteiger partial charge in [0.25, 0.3) is 0 Å². The third kappa shape index (κ3) is 10.9. The van der Waals surface area contributed by atoms with Crippen molar-refractivity contribution in [1.29, 1.82) is 0 Å². The number of aliphatic hydroxyl groups excluding tert-OH is 1. The summed E-state index contributed by atoms with van der Waals surface area (Å²) in [5, 5.41) is 20.5. The number of aromatic hydroxyl groups is 1. The minimum atomic E-state index is -0.901. The summed E-state index contributed by atoms with van der Waals surface area (Å²) in [5.74, 6) is 0.921. The molecule has 322 valence electrons. The number of allylic oxidation sites excluding steroid dienone is 10. The normalized spacial score (nSPS) is 14.2. The smallest absolute Gasteiger partial charge is 0.194 e. The van der Waals surface area contributed by atoms with E-state index in [1.807, 2.05) is 26.0 Å². The highest BCUT2D eigenvalue weighted by Crippen LogP contribution is 2.42. The molecular formula is C59H68O3. The van der Waals surface area contributed by atoms with Crippen molar-refractivity contribution in [3.63, 3.8) is 0 Å². The van der Waals surface area contributed by atoms with Gasteiger partial charge in [-0.15, -0.1) is 0 Å². The molecule has 62 heavy (non-hydrogen) atoms. The Hall–Kier alpha value is -5.90. The van der Waals surface area contributed by atoms with E-state index in [1.54, 1.807) is 6.92 Å². The first-order chi connectivity index (χ1) is 29.5. The maximum atomic E-state index is 10.6. The minimum Gasteiger partial charge on any atom is -0.508 e. The summed E-state index contributed by atoms with van der Waals surface area (Å²) in [4.78, 5) is 0. The number of phenols is 1. The quantitative estimate of drug-likeness (QED) is 0.0592. The second-order valence-corrected chi connectivity index (χ2v) is 17.2. The Morgan fingerprint density at radius 1 is 0.629 bits per heavy atom. The van der Waals surface area contributed by atoms with Crippen LogP contribution in [0, 0.1) is 27.7 Å². The summed E-state index contributed by atoms with van der Waals surface area (Å²) in [7, 11) is 0. The summed E-state index contributed by atoms with van der Waals surface area (Å²) >= 11 is 0. The third-order valence-corrected chi connectivity index (χ3v) is 12.4. The fourth-order valence-corrected chi connectivity index (χ4v) is 8.41. The molecule has 0 bridgehead atoms. The molecule has 5 rings (SSSR count). The molecule has 0 amide bonds. The van der Waals surface area contributed by atoms with Gasteiger partial charge in [0.1, 0.15) is 11.5 Å². The average Bonchev–Trinajstić information content (AvgIpc) is 3.25. The monoisotopic (exact) mass is 825 g/mol. The standard InChI is InChI=1S/C59H68O3/c1-15-37(6)30-40(9)52(17-3)58(53(36(4)5)31-39(8)38(7)16-2)50-26-22-48(23-27-50)46-18-20-47(21-19-46)49-24-28-51(29-25-49)59(54-32-43(12)56(61)34-41(54)10)55-33-44(13)57(35-42(55)11)62-45(14)60/h17-35,45,58-61H,4,6,15-16H2,1-3,5,7-14H3/b39-38+,40-30-,52-17+,53-31+. The summed E-state index contributed by atoms with van der Waals surface area (Å²) in [5.41, 5.74) is 21.8. The van der Waals surface area contributed by atoms with E-state index in [9.17, 15) is 10.2 Å². The Balaban J connectivity index is 1.50. The van der Waals surface area contributed by atoms with E-state index in [2.05, 4.69) is 179 Å². The lowest BCUT2D eigenvalue weighted by Gasteiger charge is -2.26. The molecule has 0 saturated heterocycles. The van der Waals surface area contributed by atoms with Gasteiger partial charge in [-0.1, -0.05) is 152 Å². The predicted octanol–water partition coefficient (Wildman–Crippen LogP) is 16.0. The second-order valence-electron chi connectivity index (χ2n) is 17.2. The summed E-state index contributed by atoms with van der Waals surface area (Å²) < 4.78 is 5.73. The van der Waals surface area contributed by atoms with Crippen molar-refractivity contribution in [2.75, 3.05) is 0 Å². The number of ether oxygens (including phenoxy) is 1. The van der Waals surface area contributed by atoms with E-state index in [-0.39, 0.29) is 11.8 Å². The van der Waals surface area contributed by atoms with Gasteiger partial charge in [-0.25, -0.2) is 0 Å². The summed E-state index contributed by atoms with van der Waals surface area (Å²) in [6.07, 6.45) is 7.86. The molecule has 3 heteroatoms. The molecule has 3 atom stereocenters. The zero-order chi connectivity index (χ0) is 45.4. The van der Waals surface area contributed by atoms with Crippen molar-refractivity contribution in [3.05, 3.63) is 212 Å². The van der Waals surface area contributed by atoms with Gasteiger partial charge in [0.2, 0.25) is 0 Å². The molecule has 0 aromatic heterocycles. The molecule has 5 aromatic rings. The van der Waals surface area contributed by atoms with Gasteiger partial charge in [-0.2, -0.15) is 0 Å². The van der Waals surface area contributed by atoms with Gasteiger partial charge in [0, 0.05) is 11.8 Å². The molecule has 0 aliphatic rings. The zero-order valence-electron chi connectivity index (χ0n) is 39.3. The number of phenolic OH excluding ortho intramolecular Hbond substituents is 1. The van der Waals surface area contributed by atoms with Crippen LogP contribution < -0.4 is 4.74 Å². The van der Waals surface area contributed by atoms with Crippen LogP contribution in [0.4, 0.5) is 0 Å². The maximum Gasteiger partial charge on any atom is 0.194 e. The van der Waals surface area contributed by atoms with Crippen LogP contribution in [0.15, 0.2) is 167 Å². The molecule has 0 spiro atoms. The van der Waals surface area contributed by atoms with Crippen LogP contribution in [0.5, 0.6) is 11.5 Å². The Labute approximate surface area is 373 Å². The Kier molecular flexibility index (Phi) is 15.8. The van der Waals surface area contributed by atoms with E-state index in [1.165, 1.54) is 39.0 Å². The number of hydrogen-bond donors (Lipinski definition) is 2. The molecule has 3 unspecified atom stereocenters. The highest BCUT2D eigenvalue weighted by atomic mass is 16.6. The van der Waals surface area contributed by atoms with E-state index < -0.39 is 6.29 Å². The molecule has 3 nitrogen and oxygen atoms in total. The van der Waals surface area contributed by atoms with Crippen molar-refractivity contribution in [2.24, 2.45) is 0 Å². The third-order valence-electron chi connectivity index (χ3n) is 12.4. The lowest BCUT2D eigenvalue weighted by Crippen LogP contribution is -2.12. The molecule has 0 aliphatic carbocycles. The van der Waals surface area contributed by atoms with Gasteiger partial charge < -0.3 is 14.9 Å². The maximum absolute atomic E-state index is 10.6. The van der Waals surface area contributed by atoms with E-state index in [0.717, 1.165) is 79.6 Å². The van der Waals surface area contributed by atoms with Crippen LogP contribution >= 0.6 is 0 Å². The number of rotatable bonds is 16. The van der Waals surface area contributed by atoms with Crippen LogP contribution in [-0.4, -0.2) is 16.5 Å². The summed E-state index contributed by atoms with van der Waals surface area (Å²) in [6.45, 7) is 33.8. The van der Waals surface area contributed by atoms with Gasteiger partial charge >= 0.3 is 0 Å². The molecular weight excluding hydrogens is 757 g/mol. The van der Waals surface area contributed by atoms with Crippen molar-refractivity contribution in [2.45, 2.75) is 114 Å². The summed E-state index contributed by atoms with van der Waals surface area (Å²) in [6, 6.07) is 34.9. The highest BCUT2D eigenvalue weighted by Gasteiger charge is 2.25. The first-order valence-electron chi connectivity index (χ1n) is 22.1. The molecule has 0 heterocycles. The lowest BCUT2D eigenvalue weighted by molar-refractivity contribution is -0.000855. The van der Waals surface area contributed by atoms with Crippen LogP contribution in [-0.2, 0) is 0 Å². The fourth-order valence-electron chi connectivity index (χ4n) is 8.41. The van der Waals surface area contributed by atoms with Crippen LogP contribution in [0.25, 0.3) is 22.3 Å². The van der Waals surface area contributed by atoms with E-state index in [0.29, 0.717) is 11.5 Å². The van der Waals surface area contributed by atoms with Gasteiger partial charge in [0.05, 0.1) is 0 Å². The number of hydrogen-bond acceptors (Lipinski definition) is 3. The molecule has 0 fully saturated rings. The van der Waals surface area contributed by atoms with Crippen LogP contribution in [0.2, 0.25) is 0 Å². The number of aryl methyl sites for hydroxylation is 4. The Bertz CT molecular complexity index is 2530. The van der Waals surface area contributed by atoms with Crippen LogP contribution in [0.3, 0.4) is 0 Å². The predicted molar refractivity (Wildman–Crippen MR) is 265 cm³/mol. The molecule has 0 aliphatic heterocycles. The first kappa shape index (κ1) is 47.2. The first-order valence-corrected chi connectivity index (χ1v) is 22.1. The van der Waals surface area contributed by atoms with Crippen LogP contribution in [0.1, 0.15) is 125 Å². The molecule has 2 N–H and O–H groups in total. The minimum absolute atomic E-state index is 0.0235. The Morgan fingerprint density at radius 3 is 1.58 bits per heavy atom. The largest absolute Gasteiger partial charge is 0.508 e. The van der Waals surface area contributed by atoms with Gasteiger partial charge in [-0.05, 0) is 178 Å². The van der Waals surface area contributed by atoms with Crippen molar-refractivity contribution in [3.8, 4) is 33.8 Å². The number of benzene rings is 5. The molecule has 0 saturated carbocycles. The van der Waals surface area contributed by atoms with Crippen molar-refractivity contribution < 1.29 is 14.9 Å². The lowest BCUT2D eigenvalue weighted by atomic mass is 9.77. The van der Waals surface area contributed by atoms with Crippen molar-refractivity contribution >= 4 is 0 Å².